The smallest absolute Gasteiger partial charge is 0.233 e. The Morgan fingerprint density at radius 2 is 1.73 bits per heavy atom. The van der Waals surface area contributed by atoms with Crippen molar-refractivity contribution in [2.75, 3.05) is 19.0 Å². The van der Waals surface area contributed by atoms with Gasteiger partial charge in [0.05, 0.1) is 12.4 Å². The standard InChI is InChI=1S/C10H21ClO3S/c1-4-7-14-8-10(5-2,6-3)9-15(11,12)13/h4-9H2,1-3H3. The molecule has 0 rings (SSSR count). The van der Waals surface area contributed by atoms with E-state index in [-0.39, 0.29) is 11.2 Å². The molecule has 0 heterocycles. The van der Waals surface area contributed by atoms with Gasteiger partial charge in [-0.15, -0.1) is 0 Å². The van der Waals surface area contributed by atoms with Gasteiger partial charge in [0.15, 0.2) is 0 Å². The molecule has 0 saturated carbocycles. The average Bonchev–Trinajstić information content (AvgIpc) is 2.15. The molecule has 0 aromatic heterocycles. The first kappa shape index (κ1) is 15.2. The van der Waals surface area contributed by atoms with E-state index in [1.54, 1.807) is 0 Å². The maximum atomic E-state index is 11.1. The molecule has 0 unspecified atom stereocenters. The highest BCUT2D eigenvalue weighted by molar-refractivity contribution is 8.13. The Morgan fingerprint density at radius 1 is 1.20 bits per heavy atom. The molecule has 0 aromatic carbocycles. The molecule has 0 bridgehead atoms. The summed E-state index contributed by atoms with van der Waals surface area (Å²) in [5, 5.41) is 0. The van der Waals surface area contributed by atoms with Crippen LogP contribution in [0.25, 0.3) is 0 Å². The van der Waals surface area contributed by atoms with Crippen molar-refractivity contribution in [1.29, 1.82) is 0 Å². The van der Waals surface area contributed by atoms with E-state index in [1.165, 1.54) is 0 Å². The molecule has 0 spiro atoms. The Bertz CT molecular complexity index is 258. The fourth-order valence-corrected chi connectivity index (χ4v) is 3.42. The zero-order valence-electron chi connectivity index (χ0n) is 9.75. The highest BCUT2D eigenvalue weighted by Crippen LogP contribution is 2.30. The third kappa shape index (κ3) is 6.38. The molecule has 0 aliphatic heterocycles. The van der Waals surface area contributed by atoms with Crippen LogP contribution < -0.4 is 0 Å². The highest BCUT2D eigenvalue weighted by atomic mass is 35.7. The van der Waals surface area contributed by atoms with Crippen LogP contribution in [-0.4, -0.2) is 27.4 Å². The van der Waals surface area contributed by atoms with Gasteiger partial charge in [0.25, 0.3) is 0 Å². The van der Waals surface area contributed by atoms with Crippen molar-refractivity contribution in [3.8, 4) is 0 Å². The zero-order chi connectivity index (χ0) is 11.9. The van der Waals surface area contributed by atoms with Gasteiger partial charge in [-0.3, -0.25) is 0 Å². The molecular weight excluding hydrogens is 236 g/mol. The van der Waals surface area contributed by atoms with Crippen LogP contribution in [0.4, 0.5) is 0 Å². The van der Waals surface area contributed by atoms with Crippen LogP contribution in [0.2, 0.25) is 0 Å². The Labute approximate surface area is 97.6 Å². The van der Waals surface area contributed by atoms with Crippen molar-refractivity contribution in [2.45, 2.75) is 40.0 Å². The molecule has 92 valence electrons. The molecule has 0 radical (unpaired) electrons. The van der Waals surface area contributed by atoms with Crippen LogP contribution in [0.1, 0.15) is 40.0 Å². The lowest BCUT2D eigenvalue weighted by Crippen LogP contribution is -2.32. The summed E-state index contributed by atoms with van der Waals surface area (Å²) in [7, 11) is 1.85. The van der Waals surface area contributed by atoms with Crippen LogP contribution in [0, 0.1) is 5.41 Å². The molecule has 0 fully saturated rings. The van der Waals surface area contributed by atoms with E-state index in [0.717, 1.165) is 19.3 Å². The molecule has 0 aliphatic carbocycles. The van der Waals surface area contributed by atoms with Crippen LogP contribution >= 0.6 is 10.7 Å². The molecule has 3 nitrogen and oxygen atoms in total. The summed E-state index contributed by atoms with van der Waals surface area (Å²) in [6.07, 6.45) is 2.47. The first-order valence-corrected chi connectivity index (χ1v) is 7.87. The molecule has 5 heteroatoms. The molecule has 0 amide bonds. The summed E-state index contributed by atoms with van der Waals surface area (Å²) in [5.41, 5.74) is -0.324. The maximum absolute atomic E-state index is 11.1. The summed E-state index contributed by atoms with van der Waals surface area (Å²) in [5.74, 6) is -0.00172. The van der Waals surface area contributed by atoms with Gasteiger partial charge in [-0.25, -0.2) is 8.42 Å². The number of halogens is 1. The third-order valence-electron chi connectivity index (χ3n) is 2.74. The van der Waals surface area contributed by atoms with Gasteiger partial charge in [-0.1, -0.05) is 20.8 Å². The van der Waals surface area contributed by atoms with E-state index < -0.39 is 9.05 Å². The summed E-state index contributed by atoms with van der Waals surface area (Å²) in [4.78, 5) is 0. The lowest BCUT2D eigenvalue weighted by atomic mass is 9.85. The van der Waals surface area contributed by atoms with Gasteiger partial charge in [-0.05, 0) is 19.3 Å². The van der Waals surface area contributed by atoms with Crippen LogP contribution in [0.15, 0.2) is 0 Å². The van der Waals surface area contributed by atoms with Crippen LogP contribution in [-0.2, 0) is 13.8 Å². The number of rotatable bonds is 8. The number of hydrogen-bond donors (Lipinski definition) is 0. The Hall–Kier alpha value is 0.200. The number of hydrogen-bond acceptors (Lipinski definition) is 3. The van der Waals surface area contributed by atoms with E-state index in [9.17, 15) is 8.42 Å². The van der Waals surface area contributed by atoms with E-state index in [2.05, 4.69) is 0 Å². The minimum Gasteiger partial charge on any atom is -0.381 e. The SMILES string of the molecule is CCCOCC(CC)(CC)CS(=O)(=O)Cl. The molecular formula is C10H21ClO3S. The highest BCUT2D eigenvalue weighted by Gasteiger charge is 2.31. The normalized spacial score (nSPS) is 13.1. The molecule has 0 aliphatic rings. The quantitative estimate of drug-likeness (QED) is 0.495. The Morgan fingerprint density at radius 3 is 2.07 bits per heavy atom. The topological polar surface area (TPSA) is 43.4 Å². The largest absolute Gasteiger partial charge is 0.381 e. The van der Waals surface area contributed by atoms with Gasteiger partial charge < -0.3 is 4.74 Å². The molecule has 0 aromatic rings. The summed E-state index contributed by atoms with van der Waals surface area (Å²) in [6.45, 7) is 7.11. The van der Waals surface area contributed by atoms with Crippen molar-refractivity contribution < 1.29 is 13.2 Å². The fraction of sp³-hybridized carbons (Fsp3) is 1.00. The van der Waals surface area contributed by atoms with Crippen molar-refractivity contribution in [1.82, 2.24) is 0 Å². The summed E-state index contributed by atoms with van der Waals surface area (Å²) < 4.78 is 27.7. The Balaban J connectivity index is 4.44. The van der Waals surface area contributed by atoms with E-state index in [0.29, 0.717) is 13.2 Å². The van der Waals surface area contributed by atoms with Gasteiger partial charge in [0.2, 0.25) is 9.05 Å². The molecule has 0 N–H and O–H groups in total. The molecule has 0 saturated heterocycles. The second-order valence-corrected chi connectivity index (χ2v) is 6.72. The predicted molar refractivity (Wildman–Crippen MR) is 63.8 cm³/mol. The lowest BCUT2D eigenvalue weighted by Gasteiger charge is -2.29. The van der Waals surface area contributed by atoms with Gasteiger partial charge >= 0.3 is 0 Å². The zero-order valence-corrected chi connectivity index (χ0v) is 11.3. The molecule has 0 atom stereocenters. The second kappa shape index (κ2) is 6.71. The van der Waals surface area contributed by atoms with Crippen LogP contribution in [0.5, 0.6) is 0 Å². The number of ether oxygens (including phenoxy) is 1. The van der Waals surface area contributed by atoms with Crippen molar-refractivity contribution in [3.63, 3.8) is 0 Å². The Kier molecular flexibility index (Phi) is 6.80. The van der Waals surface area contributed by atoms with Gasteiger partial charge in [-0.2, -0.15) is 0 Å². The van der Waals surface area contributed by atoms with Crippen LogP contribution in [0.3, 0.4) is 0 Å². The first-order valence-electron chi connectivity index (χ1n) is 5.39. The third-order valence-corrected chi connectivity index (χ3v) is 4.02. The first-order chi connectivity index (χ1) is 6.89. The van der Waals surface area contributed by atoms with Crippen molar-refractivity contribution >= 4 is 19.7 Å². The predicted octanol–water partition coefficient (Wildman–Crippen LogP) is 2.79. The minimum absolute atomic E-state index is 0.00172. The second-order valence-electron chi connectivity index (χ2n) is 3.94. The van der Waals surface area contributed by atoms with Gasteiger partial charge in [0.1, 0.15) is 0 Å². The minimum atomic E-state index is -3.45. The molecule has 15 heavy (non-hydrogen) atoms. The summed E-state index contributed by atoms with van der Waals surface area (Å²) in [6, 6.07) is 0. The van der Waals surface area contributed by atoms with E-state index in [1.807, 2.05) is 20.8 Å². The van der Waals surface area contributed by atoms with Crippen molar-refractivity contribution in [2.24, 2.45) is 5.41 Å². The van der Waals surface area contributed by atoms with E-state index in [4.69, 9.17) is 15.4 Å². The average molecular weight is 257 g/mol. The summed E-state index contributed by atoms with van der Waals surface area (Å²) >= 11 is 0. The lowest BCUT2D eigenvalue weighted by molar-refractivity contribution is 0.0506. The van der Waals surface area contributed by atoms with Gasteiger partial charge in [0, 0.05) is 22.7 Å². The monoisotopic (exact) mass is 256 g/mol. The maximum Gasteiger partial charge on any atom is 0.233 e. The van der Waals surface area contributed by atoms with E-state index >= 15 is 0 Å². The van der Waals surface area contributed by atoms with Crippen molar-refractivity contribution in [3.05, 3.63) is 0 Å². The fourth-order valence-electron chi connectivity index (χ4n) is 1.50.